The molecule has 0 aliphatic carbocycles. The van der Waals surface area contributed by atoms with Crippen LogP contribution in [0.1, 0.15) is 31.7 Å². The minimum Gasteiger partial charge on any atom is -0.492 e. The number of halogens is 2. The summed E-state index contributed by atoms with van der Waals surface area (Å²) in [5, 5.41) is 8.74. The molecule has 0 spiro atoms. The van der Waals surface area contributed by atoms with Gasteiger partial charge in [0, 0.05) is 16.5 Å². The van der Waals surface area contributed by atoms with Crippen LogP contribution in [0.15, 0.2) is 33.2 Å². The van der Waals surface area contributed by atoms with Gasteiger partial charge in [0.25, 0.3) is 0 Å². The van der Waals surface area contributed by atoms with Gasteiger partial charge in [0.05, 0.1) is 11.1 Å². The molecule has 0 bridgehead atoms. The van der Waals surface area contributed by atoms with E-state index < -0.39 is 5.97 Å². The Kier molecular flexibility index (Phi) is 6.07. The van der Waals surface area contributed by atoms with Crippen LogP contribution in [0.2, 0.25) is 0 Å². The Morgan fingerprint density at radius 2 is 2.05 bits per heavy atom. The number of hydrogen-bond donors (Lipinski definition) is 1. The summed E-state index contributed by atoms with van der Waals surface area (Å²) in [6.45, 7) is 7.94. The first-order valence-corrected chi connectivity index (χ1v) is 7.44. The summed E-state index contributed by atoms with van der Waals surface area (Å²) >= 11 is 6.92. The van der Waals surface area contributed by atoms with Crippen molar-refractivity contribution < 1.29 is 14.6 Å². The summed E-state index contributed by atoms with van der Waals surface area (Å²) in [5.74, 6) is 0.0884. The second-order valence-electron chi connectivity index (χ2n) is 4.47. The number of hydrogen-bond acceptors (Lipinski definition) is 2. The Morgan fingerprint density at radius 3 is 2.58 bits per heavy atom. The van der Waals surface area contributed by atoms with E-state index in [0.29, 0.717) is 18.9 Å². The topological polar surface area (TPSA) is 46.5 Å². The average molecular weight is 392 g/mol. The van der Waals surface area contributed by atoms with Crippen LogP contribution in [-0.4, -0.2) is 17.7 Å². The van der Waals surface area contributed by atoms with Crippen molar-refractivity contribution in [3.8, 4) is 5.75 Å². The average Bonchev–Trinajstić information content (AvgIpc) is 2.30. The zero-order valence-electron chi connectivity index (χ0n) is 10.9. The third-order valence-electron chi connectivity index (χ3n) is 2.61. The molecule has 0 saturated heterocycles. The van der Waals surface area contributed by atoms with Crippen LogP contribution < -0.4 is 4.74 Å². The van der Waals surface area contributed by atoms with Gasteiger partial charge in [-0.3, -0.25) is 0 Å². The fraction of sp³-hybridized carbons (Fsp3) is 0.357. The predicted octanol–water partition coefficient (Wildman–Crippen LogP) is 4.74. The molecular formula is C14H16Br2O3. The summed E-state index contributed by atoms with van der Waals surface area (Å²) in [4.78, 5) is 10.7. The largest absolute Gasteiger partial charge is 0.492 e. The number of aliphatic carboxylic acids is 1. The molecule has 1 N–H and O–H groups in total. The van der Waals surface area contributed by atoms with E-state index in [2.05, 4.69) is 52.3 Å². The van der Waals surface area contributed by atoms with E-state index >= 15 is 0 Å². The molecule has 0 unspecified atom stereocenters. The number of benzene rings is 1. The highest BCUT2D eigenvalue weighted by Gasteiger charge is 2.14. The lowest BCUT2D eigenvalue weighted by Gasteiger charge is -2.16. The summed E-state index contributed by atoms with van der Waals surface area (Å²) in [6.07, 6.45) is 0.301. The van der Waals surface area contributed by atoms with Crippen molar-refractivity contribution in [1.29, 1.82) is 0 Å². The minimum atomic E-state index is -0.984. The predicted molar refractivity (Wildman–Crippen MR) is 82.8 cm³/mol. The zero-order chi connectivity index (χ0) is 14.6. The van der Waals surface area contributed by atoms with Crippen molar-refractivity contribution in [2.45, 2.75) is 26.2 Å². The van der Waals surface area contributed by atoms with Crippen molar-refractivity contribution in [2.75, 3.05) is 6.61 Å². The number of carboxylic acids is 1. The highest BCUT2D eigenvalue weighted by atomic mass is 79.9. The quantitative estimate of drug-likeness (QED) is 0.712. The Bertz CT molecular complexity index is 496. The van der Waals surface area contributed by atoms with Crippen molar-refractivity contribution in [3.63, 3.8) is 0 Å². The SMILES string of the molecule is C=C(CCOc1c(Br)cc(Br)cc1C(C)C)C(=O)O. The highest BCUT2D eigenvalue weighted by Crippen LogP contribution is 2.37. The van der Waals surface area contributed by atoms with Crippen molar-refractivity contribution >= 4 is 37.8 Å². The third kappa shape index (κ3) is 4.66. The number of rotatable bonds is 6. The van der Waals surface area contributed by atoms with Crippen LogP contribution in [0, 0.1) is 0 Å². The molecule has 0 aliphatic heterocycles. The molecule has 0 aliphatic rings. The smallest absolute Gasteiger partial charge is 0.331 e. The molecule has 19 heavy (non-hydrogen) atoms. The molecule has 5 heteroatoms. The van der Waals surface area contributed by atoms with Crippen LogP contribution in [0.5, 0.6) is 5.75 Å². The molecule has 0 aromatic heterocycles. The van der Waals surface area contributed by atoms with E-state index in [4.69, 9.17) is 9.84 Å². The second kappa shape index (κ2) is 7.10. The lowest BCUT2D eigenvalue weighted by Crippen LogP contribution is -2.07. The van der Waals surface area contributed by atoms with Gasteiger partial charge in [0.15, 0.2) is 0 Å². The van der Waals surface area contributed by atoms with Gasteiger partial charge in [-0.15, -0.1) is 0 Å². The van der Waals surface area contributed by atoms with Crippen LogP contribution in [0.25, 0.3) is 0 Å². The second-order valence-corrected chi connectivity index (χ2v) is 6.24. The number of carbonyl (C=O) groups is 1. The van der Waals surface area contributed by atoms with Gasteiger partial charge in [-0.1, -0.05) is 36.4 Å². The Labute approximate surface area is 129 Å². The maximum Gasteiger partial charge on any atom is 0.331 e. The standard InChI is InChI=1S/C14H16Br2O3/c1-8(2)11-6-10(15)7-12(16)13(11)19-5-4-9(3)14(17)18/h6-8H,3-5H2,1-2H3,(H,17,18). The summed E-state index contributed by atoms with van der Waals surface area (Å²) in [7, 11) is 0. The molecule has 1 aromatic carbocycles. The summed E-state index contributed by atoms with van der Waals surface area (Å²) in [5.41, 5.74) is 1.22. The van der Waals surface area contributed by atoms with Gasteiger partial charge < -0.3 is 9.84 Å². The normalized spacial score (nSPS) is 10.6. The molecular weight excluding hydrogens is 376 g/mol. The highest BCUT2D eigenvalue weighted by molar-refractivity contribution is 9.11. The number of ether oxygens (including phenoxy) is 1. The van der Waals surface area contributed by atoms with E-state index in [9.17, 15) is 4.79 Å². The van der Waals surface area contributed by atoms with Gasteiger partial charge in [-0.2, -0.15) is 0 Å². The Balaban J connectivity index is 2.83. The molecule has 0 saturated carbocycles. The molecule has 0 radical (unpaired) electrons. The van der Waals surface area contributed by atoms with Crippen molar-refractivity contribution in [3.05, 3.63) is 38.8 Å². The molecule has 104 valence electrons. The van der Waals surface area contributed by atoms with E-state index in [1.807, 2.05) is 12.1 Å². The van der Waals surface area contributed by atoms with Gasteiger partial charge in [0.1, 0.15) is 5.75 Å². The van der Waals surface area contributed by atoms with E-state index in [0.717, 1.165) is 20.3 Å². The Morgan fingerprint density at radius 1 is 1.42 bits per heavy atom. The van der Waals surface area contributed by atoms with Gasteiger partial charge in [-0.05, 0) is 39.5 Å². The maximum absolute atomic E-state index is 10.7. The molecule has 3 nitrogen and oxygen atoms in total. The van der Waals surface area contributed by atoms with Crippen LogP contribution in [0.3, 0.4) is 0 Å². The molecule has 1 rings (SSSR count). The first-order valence-electron chi connectivity index (χ1n) is 5.85. The lowest BCUT2D eigenvalue weighted by atomic mass is 10.0. The van der Waals surface area contributed by atoms with Gasteiger partial charge in [0.2, 0.25) is 0 Å². The van der Waals surface area contributed by atoms with Crippen LogP contribution in [-0.2, 0) is 4.79 Å². The fourth-order valence-electron chi connectivity index (χ4n) is 1.54. The van der Waals surface area contributed by atoms with Crippen molar-refractivity contribution in [2.24, 2.45) is 0 Å². The first kappa shape index (κ1) is 16.2. The minimum absolute atomic E-state index is 0.152. The number of carboxylic acid groups (broad SMARTS) is 1. The first-order chi connectivity index (χ1) is 8.82. The van der Waals surface area contributed by atoms with E-state index in [-0.39, 0.29) is 5.57 Å². The maximum atomic E-state index is 10.7. The monoisotopic (exact) mass is 390 g/mol. The lowest BCUT2D eigenvalue weighted by molar-refractivity contribution is -0.132. The molecule has 1 aromatic rings. The zero-order valence-corrected chi connectivity index (χ0v) is 14.0. The third-order valence-corrected chi connectivity index (χ3v) is 3.66. The summed E-state index contributed by atoms with van der Waals surface area (Å²) in [6, 6.07) is 3.92. The van der Waals surface area contributed by atoms with Crippen molar-refractivity contribution in [1.82, 2.24) is 0 Å². The van der Waals surface area contributed by atoms with Crippen LogP contribution in [0.4, 0.5) is 0 Å². The summed E-state index contributed by atoms with van der Waals surface area (Å²) < 4.78 is 7.54. The van der Waals surface area contributed by atoms with E-state index in [1.54, 1.807) is 0 Å². The molecule has 0 atom stereocenters. The molecule has 0 fully saturated rings. The Hall–Kier alpha value is -0.810. The molecule has 0 amide bonds. The van der Waals surface area contributed by atoms with Gasteiger partial charge >= 0.3 is 5.97 Å². The molecule has 0 heterocycles. The van der Waals surface area contributed by atoms with Crippen LogP contribution >= 0.6 is 31.9 Å². The van der Waals surface area contributed by atoms with E-state index in [1.165, 1.54) is 0 Å². The fourth-order valence-corrected chi connectivity index (χ4v) is 2.92. The van der Waals surface area contributed by atoms with Gasteiger partial charge in [-0.25, -0.2) is 4.79 Å².